The summed E-state index contributed by atoms with van der Waals surface area (Å²) in [7, 11) is 1.58. The lowest BCUT2D eigenvalue weighted by molar-refractivity contribution is -0.118. The van der Waals surface area contributed by atoms with E-state index in [1.165, 1.54) is 16.7 Å². The Kier molecular flexibility index (Phi) is 6.77. The van der Waals surface area contributed by atoms with Crippen molar-refractivity contribution in [3.63, 3.8) is 0 Å². The van der Waals surface area contributed by atoms with Gasteiger partial charge in [-0.3, -0.25) is 14.5 Å². The van der Waals surface area contributed by atoms with Crippen molar-refractivity contribution < 1.29 is 23.8 Å². The first kappa shape index (κ1) is 21.9. The Labute approximate surface area is 190 Å². The van der Waals surface area contributed by atoms with E-state index in [0.717, 1.165) is 11.1 Å². The van der Waals surface area contributed by atoms with E-state index < -0.39 is 0 Å². The van der Waals surface area contributed by atoms with Crippen molar-refractivity contribution in [1.82, 2.24) is 5.32 Å². The average molecular weight is 454 g/mol. The Bertz CT molecular complexity index is 1080. The number of aliphatic imine (C=N–C) groups is 1. The van der Waals surface area contributed by atoms with Crippen LogP contribution >= 0.6 is 11.8 Å². The predicted octanol–water partition coefficient (Wildman–Crippen LogP) is 2.96. The number of ether oxygens (including phenoxy) is 3. The van der Waals surface area contributed by atoms with Crippen molar-refractivity contribution in [2.24, 2.45) is 4.99 Å². The molecule has 0 saturated heterocycles. The highest BCUT2D eigenvalue weighted by Gasteiger charge is 2.32. The van der Waals surface area contributed by atoms with Crippen LogP contribution in [-0.4, -0.2) is 49.8 Å². The molecule has 166 valence electrons. The quantitative estimate of drug-likeness (QED) is 0.512. The van der Waals surface area contributed by atoms with Gasteiger partial charge in [-0.15, -0.1) is 0 Å². The number of carbonyl (C=O) groups excluding carboxylic acids is 2. The largest absolute Gasteiger partial charge is 0.454 e. The van der Waals surface area contributed by atoms with E-state index in [4.69, 9.17) is 14.2 Å². The second kappa shape index (κ2) is 9.88. The molecule has 0 radical (unpaired) electrons. The molecule has 0 spiro atoms. The number of methoxy groups -OCH3 is 1. The molecule has 2 aliphatic heterocycles. The molecule has 2 aromatic carbocycles. The number of amides is 2. The topological polar surface area (TPSA) is 89.5 Å². The Morgan fingerprint density at radius 3 is 2.78 bits per heavy atom. The lowest BCUT2D eigenvalue weighted by Crippen LogP contribution is -2.33. The Hall–Kier alpha value is -3.30. The summed E-state index contributed by atoms with van der Waals surface area (Å²) in [5, 5.41) is 3.22. The molecule has 0 aliphatic carbocycles. The number of aryl methyl sites for hydroxylation is 1. The standard InChI is InChI=1S/C23H23N3O5S/c1-15-3-6-17(7-4-15)26-22(28)18(11-16-5-8-19-20(12-16)31-14-30-19)25-23(26)32-13-21(27)24-9-10-29-2/h3-8,11-12H,9-10,13-14H2,1-2H3,(H,24,27)/b18-11-. The number of rotatable bonds is 7. The van der Waals surface area contributed by atoms with Crippen LogP contribution in [0, 0.1) is 6.92 Å². The minimum absolute atomic E-state index is 0.134. The third-order valence-electron chi connectivity index (χ3n) is 4.78. The molecule has 2 aromatic rings. The van der Waals surface area contributed by atoms with E-state index in [2.05, 4.69) is 10.3 Å². The van der Waals surface area contributed by atoms with E-state index in [1.54, 1.807) is 19.3 Å². The molecule has 0 bridgehead atoms. The number of nitrogens with zero attached hydrogens (tertiary/aromatic N) is 2. The maximum absolute atomic E-state index is 13.3. The Morgan fingerprint density at radius 1 is 1.22 bits per heavy atom. The second-order valence-electron chi connectivity index (χ2n) is 7.14. The summed E-state index contributed by atoms with van der Waals surface area (Å²) >= 11 is 1.21. The maximum atomic E-state index is 13.3. The number of carbonyl (C=O) groups is 2. The zero-order valence-electron chi connectivity index (χ0n) is 17.8. The molecular weight excluding hydrogens is 430 g/mol. The molecule has 2 aliphatic rings. The number of fused-ring (bicyclic) bond motifs is 1. The number of hydrogen-bond donors (Lipinski definition) is 1. The molecule has 2 amide bonds. The third-order valence-corrected chi connectivity index (χ3v) is 5.72. The maximum Gasteiger partial charge on any atom is 0.283 e. The molecule has 32 heavy (non-hydrogen) atoms. The summed E-state index contributed by atoms with van der Waals surface area (Å²) in [6, 6.07) is 13.0. The molecule has 0 atom stereocenters. The van der Waals surface area contributed by atoms with Gasteiger partial charge in [-0.25, -0.2) is 4.99 Å². The minimum Gasteiger partial charge on any atom is -0.454 e. The van der Waals surface area contributed by atoms with Crippen molar-refractivity contribution in [3.05, 3.63) is 59.3 Å². The SMILES string of the molecule is COCCNC(=O)CSC1=N/C(=C\c2ccc3c(c2)OCO3)C(=O)N1c1ccc(C)cc1. The molecule has 9 heteroatoms. The summed E-state index contributed by atoms with van der Waals surface area (Å²) < 4.78 is 15.7. The zero-order chi connectivity index (χ0) is 22.5. The third kappa shape index (κ3) is 4.95. The van der Waals surface area contributed by atoms with Gasteiger partial charge in [0.1, 0.15) is 5.70 Å². The fourth-order valence-electron chi connectivity index (χ4n) is 3.15. The van der Waals surface area contributed by atoms with Gasteiger partial charge in [-0.1, -0.05) is 35.5 Å². The highest BCUT2D eigenvalue weighted by molar-refractivity contribution is 8.14. The number of anilines is 1. The van der Waals surface area contributed by atoms with Crippen LogP contribution < -0.4 is 19.7 Å². The van der Waals surface area contributed by atoms with Crippen LogP contribution in [0.4, 0.5) is 5.69 Å². The molecule has 0 unspecified atom stereocenters. The van der Waals surface area contributed by atoms with Crippen molar-refractivity contribution >= 4 is 40.5 Å². The van der Waals surface area contributed by atoms with Gasteiger partial charge in [0.25, 0.3) is 5.91 Å². The van der Waals surface area contributed by atoms with Crippen LogP contribution in [0.2, 0.25) is 0 Å². The monoisotopic (exact) mass is 453 g/mol. The minimum atomic E-state index is -0.256. The first-order valence-electron chi connectivity index (χ1n) is 10.0. The summed E-state index contributed by atoms with van der Waals surface area (Å²) in [5.41, 5.74) is 2.83. The van der Waals surface area contributed by atoms with E-state index in [-0.39, 0.29) is 30.1 Å². The second-order valence-corrected chi connectivity index (χ2v) is 8.09. The van der Waals surface area contributed by atoms with Gasteiger partial charge < -0.3 is 19.5 Å². The number of hydrogen-bond acceptors (Lipinski definition) is 7. The number of amidine groups is 1. The summed E-state index contributed by atoms with van der Waals surface area (Å²) in [6.45, 7) is 3.03. The van der Waals surface area contributed by atoms with Crippen LogP contribution in [0.15, 0.2) is 53.2 Å². The first-order valence-corrected chi connectivity index (χ1v) is 11.0. The summed E-state index contributed by atoms with van der Waals surface area (Å²) in [4.78, 5) is 31.5. The van der Waals surface area contributed by atoms with Gasteiger partial charge in [0, 0.05) is 13.7 Å². The van der Waals surface area contributed by atoms with Gasteiger partial charge in [0.15, 0.2) is 16.7 Å². The zero-order valence-corrected chi connectivity index (χ0v) is 18.6. The fourth-order valence-corrected chi connectivity index (χ4v) is 3.99. The molecule has 0 fully saturated rings. The molecule has 8 nitrogen and oxygen atoms in total. The fraction of sp³-hybridized carbons (Fsp3) is 0.261. The van der Waals surface area contributed by atoms with Crippen LogP contribution in [0.5, 0.6) is 11.5 Å². The van der Waals surface area contributed by atoms with Gasteiger partial charge in [-0.05, 0) is 42.8 Å². The van der Waals surface area contributed by atoms with Gasteiger partial charge >= 0.3 is 0 Å². The van der Waals surface area contributed by atoms with Gasteiger partial charge in [-0.2, -0.15) is 0 Å². The van der Waals surface area contributed by atoms with Crippen molar-refractivity contribution in [3.8, 4) is 11.5 Å². The average Bonchev–Trinajstić information content (AvgIpc) is 3.37. The molecule has 4 rings (SSSR count). The van der Waals surface area contributed by atoms with Crippen molar-refractivity contribution in [2.75, 3.05) is 37.7 Å². The molecular formula is C23H23N3O5S. The molecule has 1 N–H and O–H groups in total. The van der Waals surface area contributed by atoms with Gasteiger partial charge in [0.05, 0.1) is 18.0 Å². The van der Waals surface area contributed by atoms with E-state index >= 15 is 0 Å². The normalized spacial score (nSPS) is 15.9. The number of benzene rings is 2. The van der Waals surface area contributed by atoms with E-state index in [1.807, 2.05) is 43.3 Å². The Balaban J connectivity index is 1.57. The highest BCUT2D eigenvalue weighted by atomic mass is 32.2. The Morgan fingerprint density at radius 2 is 2.00 bits per heavy atom. The summed E-state index contributed by atoms with van der Waals surface area (Å²) in [6.07, 6.45) is 1.71. The van der Waals surface area contributed by atoms with Crippen LogP contribution in [0.3, 0.4) is 0 Å². The molecule has 0 aromatic heterocycles. The predicted molar refractivity (Wildman–Crippen MR) is 124 cm³/mol. The number of thioether (sulfide) groups is 1. The van der Waals surface area contributed by atoms with Gasteiger partial charge in [0.2, 0.25) is 12.7 Å². The first-order chi connectivity index (χ1) is 15.5. The summed E-state index contributed by atoms with van der Waals surface area (Å²) in [5.74, 6) is 1.03. The lowest BCUT2D eigenvalue weighted by atomic mass is 10.1. The molecule has 0 saturated carbocycles. The van der Waals surface area contributed by atoms with E-state index in [9.17, 15) is 9.59 Å². The lowest BCUT2D eigenvalue weighted by Gasteiger charge is -2.18. The van der Waals surface area contributed by atoms with Crippen LogP contribution in [0.25, 0.3) is 6.08 Å². The van der Waals surface area contributed by atoms with Crippen molar-refractivity contribution in [1.29, 1.82) is 0 Å². The smallest absolute Gasteiger partial charge is 0.283 e. The number of nitrogens with one attached hydrogen (secondary N) is 1. The van der Waals surface area contributed by atoms with Crippen LogP contribution in [-0.2, 0) is 14.3 Å². The molecule has 2 heterocycles. The highest BCUT2D eigenvalue weighted by Crippen LogP contribution is 2.34. The van der Waals surface area contributed by atoms with Crippen molar-refractivity contribution in [2.45, 2.75) is 6.92 Å². The van der Waals surface area contributed by atoms with Crippen LogP contribution in [0.1, 0.15) is 11.1 Å². The van der Waals surface area contributed by atoms with E-state index in [0.29, 0.717) is 35.5 Å².